The quantitative estimate of drug-likeness (QED) is 0.787. The van der Waals surface area contributed by atoms with Crippen molar-refractivity contribution in [3.63, 3.8) is 0 Å². The van der Waals surface area contributed by atoms with Crippen molar-refractivity contribution in [2.24, 2.45) is 0 Å². The summed E-state index contributed by atoms with van der Waals surface area (Å²) in [5, 5.41) is 2.58. The number of hydrogen-bond donors (Lipinski definition) is 2. The average Bonchev–Trinajstić information content (AvgIpc) is 2.37. The molecular weight excluding hydrogens is 354 g/mol. The zero-order valence-corrected chi connectivity index (χ0v) is 12.2. The van der Waals surface area contributed by atoms with E-state index >= 15 is 0 Å². The Bertz CT molecular complexity index is 694. The Morgan fingerprint density at radius 1 is 1.20 bits per heavy atom. The van der Waals surface area contributed by atoms with Crippen molar-refractivity contribution in [1.29, 1.82) is 0 Å². The van der Waals surface area contributed by atoms with Crippen LogP contribution >= 0.6 is 27.5 Å². The number of benzene rings is 2. The van der Waals surface area contributed by atoms with E-state index in [0.29, 0.717) is 0 Å². The fraction of sp³-hybridized carbons (Fsp3) is 0. The molecule has 7 heteroatoms. The number of halogens is 4. The Balaban J connectivity index is 2.31. The third-order valence-corrected chi connectivity index (χ3v) is 3.40. The van der Waals surface area contributed by atoms with Crippen molar-refractivity contribution in [2.45, 2.75) is 0 Å². The van der Waals surface area contributed by atoms with Crippen LogP contribution in [0, 0.1) is 11.6 Å². The van der Waals surface area contributed by atoms with Gasteiger partial charge in [0.1, 0.15) is 11.6 Å². The lowest BCUT2D eigenvalue weighted by Crippen LogP contribution is -2.14. The smallest absolute Gasteiger partial charge is 0.256 e. The Morgan fingerprint density at radius 3 is 2.55 bits per heavy atom. The van der Waals surface area contributed by atoms with Crippen LogP contribution in [0.5, 0.6) is 0 Å². The molecule has 0 heterocycles. The van der Waals surface area contributed by atoms with Crippen LogP contribution in [-0.4, -0.2) is 5.91 Å². The third kappa shape index (κ3) is 3.08. The van der Waals surface area contributed by atoms with Crippen LogP contribution in [-0.2, 0) is 0 Å². The summed E-state index contributed by atoms with van der Waals surface area (Å²) in [6.07, 6.45) is 0. The molecule has 0 saturated heterocycles. The molecule has 104 valence electrons. The molecule has 0 aliphatic carbocycles. The minimum absolute atomic E-state index is 0.0332. The normalized spacial score (nSPS) is 10.4. The Hall–Kier alpha value is -1.66. The van der Waals surface area contributed by atoms with E-state index < -0.39 is 17.5 Å². The molecule has 0 radical (unpaired) electrons. The summed E-state index contributed by atoms with van der Waals surface area (Å²) >= 11 is 8.67. The van der Waals surface area contributed by atoms with Crippen LogP contribution in [0.4, 0.5) is 20.2 Å². The first-order valence-corrected chi connectivity index (χ1v) is 6.56. The van der Waals surface area contributed by atoms with E-state index in [4.69, 9.17) is 17.3 Å². The number of anilines is 2. The predicted molar refractivity (Wildman–Crippen MR) is 77.9 cm³/mol. The highest BCUT2D eigenvalue weighted by molar-refractivity contribution is 9.10. The van der Waals surface area contributed by atoms with Crippen molar-refractivity contribution in [2.75, 3.05) is 11.1 Å². The summed E-state index contributed by atoms with van der Waals surface area (Å²) in [5.74, 6) is -1.94. The van der Waals surface area contributed by atoms with Crippen molar-refractivity contribution in [1.82, 2.24) is 0 Å². The van der Waals surface area contributed by atoms with Gasteiger partial charge in [0.2, 0.25) is 0 Å². The molecule has 2 aromatic carbocycles. The van der Waals surface area contributed by atoms with E-state index in [0.717, 1.165) is 12.1 Å². The molecule has 0 saturated carbocycles. The molecule has 1 amide bonds. The standard InChI is InChI=1S/C13H8BrClF2N2O/c14-8-5-9(16)11(18)4-7(8)13(20)19-12-2-1-6(15)3-10(12)17/h1-5H,18H2,(H,19,20). The molecule has 0 unspecified atom stereocenters. The van der Waals surface area contributed by atoms with Gasteiger partial charge >= 0.3 is 0 Å². The maximum atomic E-state index is 13.6. The van der Waals surface area contributed by atoms with E-state index in [1.807, 2.05) is 0 Å². The highest BCUT2D eigenvalue weighted by atomic mass is 79.9. The third-order valence-electron chi connectivity index (χ3n) is 2.51. The van der Waals surface area contributed by atoms with Gasteiger partial charge < -0.3 is 11.1 Å². The second kappa shape index (κ2) is 5.76. The second-order valence-electron chi connectivity index (χ2n) is 3.93. The van der Waals surface area contributed by atoms with Crippen molar-refractivity contribution >= 4 is 44.8 Å². The lowest BCUT2D eigenvalue weighted by Gasteiger charge is -2.09. The number of hydrogen-bond acceptors (Lipinski definition) is 2. The Morgan fingerprint density at radius 2 is 1.90 bits per heavy atom. The van der Waals surface area contributed by atoms with Gasteiger partial charge in [-0.3, -0.25) is 4.79 Å². The molecule has 3 N–H and O–H groups in total. The molecule has 0 fully saturated rings. The molecule has 0 aliphatic heterocycles. The second-order valence-corrected chi connectivity index (χ2v) is 5.22. The summed E-state index contributed by atoms with van der Waals surface area (Å²) in [6.45, 7) is 0. The Kier molecular flexibility index (Phi) is 4.25. The van der Waals surface area contributed by atoms with Crippen LogP contribution in [0.15, 0.2) is 34.8 Å². The maximum absolute atomic E-state index is 13.6. The topological polar surface area (TPSA) is 55.1 Å². The number of nitrogen functional groups attached to an aromatic ring is 1. The van der Waals surface area contributed by atoms with Gasteiger partial charge in [0.15, 0.2) is 0 Å². The summed E-state index contributed by atoms with van der Waals surface area (Å²) in [6, 6.07) is 6.08. The summed E-state index contributed by atoms with van der Waals surface area (Å²) in [5.41, 5.74) is 5.29. The number of rotatable bonds is 2. The molecule has 2 aromatic rings. The van der Waals surface area contributed by atoms with Gasteiger partial charge in [0.25, 0.3) is 5.91 Å². The summed E-state index contributed by atoms with van der Waals surface area (Å²) in [7, 11) is 0. The van der Waals surface area contributed by atoms with Crippen molar-refractivity contribution in [3.8, 4) is 0 Å². The van der Waals surface area contributed by atoms with E-state index in [9.17, 15) is 13.6 Å². The molecular formula is C13H8BrClF2N2O. The fourth-order valence-electron chi connectivity index (χ4n) is 1.52. The minimum Gasteiger partial charge on any atom is -0.396 e. The van der Waals surface area contributed by atoms with E-state index in [1.54, 1.807) is 0 Å². The Labute approximate surface area is 126 Å². The SMILES string of the molecule is Nc1cc(C(=O)Nc2ccc(Cl)cc2F)c(Br)cc1F. The van der Waals surface area contributed by atoms with Gasteiger partial charge in [-0.05, 0) is 46.3 Å². The lowest BCUT2D eigenvalue weighted by molar-refractivity contribution is 0.102. The van der Waals surface area contributed by atoms with Gasteiger partial charge in [-0.15, -0.1) is 0 Å². The molecule has 0 aliphatic rings. The summed E-state index contributed by atoms with van der Waals surface area (Å²) in [4.78, 5) is 12.0. The number of carbonyl (C=O) groups excluding carboxylic acids is 1. The monoisotopic (exact) mass is 360 g/mol. The number of nitrogens with two attached hydrogens (primary N) is 1. The highest BCUT2D eigenvalue weighted by Gasteiger charge is 2.15. The number of nitrogens with one attached hydrogen (secondary N) is 1. The van der Waals surface area contributed by atoms with Crippen molar-refractivity contribution in [3.05, 3.63) is 57.0 Å². The lowest BCUT2D eigenvalue weighted by atomic mass is 10.1. The van der Waals surface area contributed by atoms with Crippen LogP contribution in [0.1, 0.15) is 10.4 Å². The van der Waals surface area contributed by atoms with Crippen LogP contribution in [0.3, 0.4) is 0 Å². The molecule has 0 bridgehead atoms. The van der Waals surface area contributed by atoms with Gasteiger partial charge in [0, 0.05) is 9.50 Å². The fourth-order valence-corrected chi connectivity index (χ4v) is 2.17. The van der Waals surface area contributed by atoms with E-state index in [-0.39, 0.29) is 26.4 Å². The first kappa shape index (κ1) is 14.7. The van der Waals surface area contributed by atoms with Gasteiger partial charge in [-0.25, -0.2) is 8.78 Å². The van der Waals surface area contributed by atoms with Gasteiger partial charge in [0.05, 0.1) is 16.9 Å². The molecule has 3 nitrogen and oxygen atoms in total. The summed E-state index contributed by atoms with van der Waals surface area (Å²) < 4.78 is 27.0. The molecule has 2 rings (SSSR count). The average molecular weight is 362 g/mol. The zero-order valence-electron chi connectivity index (χ0n) is 9.88. The number of carbonyl (C=O) groups is 1. The number of amides is 1. The minimum atomic E-state index is -0.669. The largest absolute Gasteiger partial charge is 0.396 e. The van der Waals surface area contributed by atoms with E-state index in [2.05, 4.69) is 21.2 Å². The van der Waals surface area contributed by atoms with E-state index in [1.165, 1.54) is 18.2 Å². The van der Waals surface area contributed by atoms with Crippen LogP contribution in [0.25, 0.3) is 0 Å². The predicted octanol–water partition coefficient (Wildman–Crippen LogP) is 4.22. The highest BCUT2D eigenvalue weighted by Crippen LogP contribution is 2.25. The first-order chi connectivity index (χ1) is 9.38. The van der Waals surface area contributed by atoms with Crippen LogP contribution < -0.4 is 11.1 Å². The molecule has 20 heavy (non-hydrogen) atoms. The van der Waals surface area contributed by atoms with Crippen LogP contribution in [0.2, 0.25) is 5.02 Å². The maximum Gasteiger partial charge on any atom is 0.256 e. The zero-order chi connectivity index (χ0) is 14.9. The molecule has 0 aromatic heterocycles. The van der Waals surface area contributed by atoms with Crippen molar-refractivity contribution < 1.29 is 13.6 Å². The van der Waals surface area contributed by atoms with Gasteiger partial charge in [-0.2, -0.15) is 0 Å². The first-order valence-electron chi connectivity index (χ1n) is 5.39. The molecule has 0 atom stereocenters. The van der Waals surface area contributed by atoms with Gasteiger partial charge in [-0.1, -0.05) is 11.6 Å². The molecule has 0 spiro atoms.